The lowest BCUT2D eigenvalue weighted by Crippen LogP contribution is -2.50. The molecule has 0 bridgehead atoms. The number of carbonyl (C=O) groups is 2. The summed E-state index contributed by atoms with van der Waals surface area (Å²) in [6.07, 6.45) is 20.3. The van der Waals surface area contributed by atoms with E-state index in [4.69, 9.17) is 5.73 Å². The predicted octanol–water partition coefficient (Wildman–Crippen LogP) is 6.66. The van der Waals surface area contributed by atoms with Crippen LogP contribution in [0.1, 0.15) is 136 Å². The van der Waals surface area contributed by atoms with Crippen LogP contribution in [0, 0.1) is 5.41 Å². The number of hydrogen-bond acceptors (Lipinski definition) is 2. The van der Waals surface area contributed by atoms with Crippen LogP contribution in [-0.4, -0.2) is 18.4 Å². The van der Waals surface area contributed by atoms with Gasteiger partial charge in [-0.2, -0.15) is 0 Å². The molecule has 0 aromatic heterocycles. The van der Waals surface area contributed by atoms with E-state index in [2.05, 4.69) is 26.1 Å². The van der Waals surface area contributed by atoms with E-state index in [1.165, 1.54) is 64.2 Å². The summed E-state index contributed by atoms with van der Waals surface area (Å²) in [4.78, 5) is 25.1. The summed E-state index contributed by atoms with van der Waals surface area (Å²) < 4.78 is 0. The number of nitrogens with one attached hydrogen (secondary N) is 1. The summed E-state index contributed by atoms with van der Waals surface area (Å²) in [5, 5.41) is 2.97. The van der Waals surface area contributed by atoms with Gasteiger partial charge in [-0.3, -0.25) is 9.59 Å². The zero-order valence-corrected chi connectivity index (χ0v) is 19.8. The minimum absolute atomic E-state index is 0.144. The van der Waals surface area contributed by atoms with E-state index in [1.807, 2.05) is 0 Å². The Bertz CT molecular complexity index is 412. The lowest BCUT2D eigenvalue weighted by atomic mass is 9.76. The molecule has 0 aliphatic rings. The zero-order chi connectivity index (χ0) is 21.8. The molecule has 29 heavy (non-hydrogen) atoms. The van der Waals surface area contributed by atoms with Crippen LogP contribution < -0.4 is 11.1 Å². The summed E-state index contributed by atoms with van der Waals surface area (Å²) in [5.41, 5.74) is 4.75. The van der Waals surface area contributed by atoms with E-state index in [1.54, 1.807) is 0 Å². The summed E-state index contributed by atoms with van der Waals surface area (Å²) in [6, 6.07) is 0. The average Bonchev–Trinajstić information content (AvgIpc) is 2.71. The van der Waals surface area contributed by atoms with Gasteiger partial charge in [-0.1, -0.05) is 117 Å². The maximum absolute atomic E-state index is 12.8. The van der Waals surface area contributed by atoms with Crippen molar-refractivity contribution in [2.45, 2.75) is 136 Å². The van der Waals surface area contributed by atoms with Crippen LogP contribution in [0.3, 0.4) is 0 Å². The Morgan fingerprint density at radius 3 is 1.48 bits per heavy atom. The summed E-state index contributed by atoms with van der Waals surface area (Å²) in [6.45, 7) is 7.08. The largest absolute Gasteiger partial charge is 0.369 e. The molecule has 0 aromatic rings. The Morgan fingerprint density at radius 1 is 0.621 bits per heavy atom. The second kappa shape index (κ2) is 18.9. The quantitative estimate of drug-likeness (QED) is 0.164. The maximum Gasteiger partial charge on any atom is 0.235 e. The molecule has 1 atom stereocenters. The second-order valence-electron chi connectivity index (χ2n) is 8.80. The van der Waals surface area contributed by atoms with Gasteiger partial charge in [-0.05, 0) is 19.3 Å². The molecule has 0 fully saturated rings. The molecule has 0 rings (SSSR count). The molecule has 0 radical (unpaired) electrons. The SMILES string of the molecule is CCCCCCCCCCCCCCC(CCCC)(C(N)=O)C(=O)NCCCC. The Balaban J connectivity index is 4.19. The third-order valence-corrected chi connectivity index (χ3v) is 6.14. The van der Waals surface area contributed by atoms with Gasteiger partial charge in [0, 0.05) is 6.54 Å². The van der Waals surface area contributed by atoms with Gasteiger partial charge >= 0.3 is 0 Å². The Labute approximate surface area is 181 Å². The van der Waals surface area contributed by atoms with Crippen molar-refractivity contribution >= 4 is 11.8 Å². The van der Waals surface area contributed by atoms with E-state index < -0.39 is 11.3 Å². The van der Waals surface area contributed by atoms with Crippen molar-refractivity contribution in [3.05, 3.63) is 0 Å². The highest BCUT2D eigenvalue weighted by molar-refractivity contribution is 6.04. The van der Waals surface area contributed by atoms with Crippen LogP contribution in [0.25, 0.3) is 0 Å². The minimum Gasteiger partial charge on any atom is -0.369 e. The van der Waals surface area contributed by atoms with Gasteiger partial charge in [0.2, 0.25) is 11.8 Å². The van der Waals surface area contributed by atoms with Gasteiger partial charge < -0.3 is 11.1 Å². The third kappa shape index (κ3) is 13.0. The number of hydrogen-bond donors (Lipinski definition) is 2. The van der Waals surface area contributed by atoms with E-state index in [-0.39, 0.29) is 5.91 Å². The Hall–Kier alpha value is -1.06. The van der Waals surface area contributed by atoms with Gasteiger partial charge in [0.15, 0.2) is 0 Å². The molecule has 0 aromatic carbocycles. The highest BCUT2D eigenvalue weighted by Gasteiger charge is 2.42. The standard InChI is InChI=1S/C25H50N2O2/c1-4-7-10-11-12-13-14-15-16-17-18-19-21-25(23(26)28,20-8-5-2)24(29)27-22-9-6-3/h4-22H2,1-3H3,(H2,26,28)(H,27,29). The second-order valence-corrected chi connectivity index (χ2v) is 8.80. The van der Waals surface area contributed by atoms with Crippen LogP contribution in [0.15, 0.2) is 0 Å². The molecule has 1 unspecified atom stereocenters. The molecular formula is C25H50N2O2. The van der Waals surface area contributed by atoms with Crippen molar-refractivity contribution in [1.82, 2.24) is 5.32 Å². The lowest BCUT2D eigenvalue weighted by Gasteiger charge is -2.29. The van der Waals surface area contributed by atoms with E-state index in [0.717, 1.165) is 38.5 Å². The predicted molar refractivity (Wildman–Crippen MR) is 125 cm³/mol. The van der Waals surface area contributed by atoms with Crippen LogP contribution in [0.2, 0.25) is 0 Å². The molecule has 0 spiro atoms. The van der Waals surface area contributed by atoms with Crippen molar-refractivity contribution in [2.75, 3.05) is 6.54 Å². The first-order chi connectivity index (χ1) is 14.0. The molecule has 4 nitrogen and oxygen atoms in total. The zero-order valence-electron chi connectivity index (χ0n) is 19.8. The van der Waals surface area contributed by atoms with Crippen molar-refractivity contribution in [1.29, 1.82) is 0 Å². The molecule has 0 saturated carbocycles. The van der Waals surface area contributed by atoms with Crippen molar-refractivity contribution in [3.63, 3.8) is 0 Å². The van der Waals surface area contributed by atoms with Crippen LogP contribution in [0.4, 0.5) is 0 Å². The molecule has 4 heteroatoms. The molecular weight excluding hydrogens is 360 g/mol. The van der Waals surface area contributed by atoms with Gasteiger partial charge in [-0.25, -0.2) is 0 Å². The first-order valence-corrected chi connectivity index (χ1v) is 12.6. The van der Waals surface area contributed by atoms with Gasteiger partial charge in [-0.15, -0.1) is 0 Å². The molecule has 172 valence electrons. The number of rotatable bonds is 21. The summed E-state index contributed by atoms with van der Waals surface area (Å²) in [7, 11) is 0. The van der Waals surface area contributed by atoms with Crippen molar-refractivity contribution in [3.8, 4) is 0 Å². The number of unbranched alkanes of at least 4 members (excludes halogenated alkanes) is 13. The van der Waals surface area contributed by atoms with Crippen LogP contribution in [-0.2, 0) is 9.59 Å². The van der Waals surface area contributed by atoms with Crippen LogP contribution in [0.5, 0.6) is 0 Å². The lowest BCUT2D eigenvalue weighted by molar-refractivity contribution is -0.143. The summed E-state index contributed by atoms with van der Waals surface area (Å²) >= 11 is 0. The fraction of sp³-hybridized carbons (Fsp3) is 0.920. The number of amides is 2. The molecule has 3 N–H and O–H groups in total. The first-order valence-electron chi connectivity index (χ1n) is 12.6. The first kappa shape index (κ1) is 27.9. The van der Waals surface area contributed by atoms with Gasteiger partial charge in [0.05, 0.1) is 0 Å². The number of primary amides is 1. The van der Waals surface area contributed by atoms with Gasteiger partial charge in [0.25, 0.3) is 0 Å². The number of carbonyl (C=O) groups excluding carboxylic acids is 2. The minimum atomic E-state index is -1.01. The molecule has 0 heterocycles. The summed E-state index contributed by atoms with van der Waals surface area (Å²) in [5.74, 6) is -0.585. The molecule has 0 aliphatic carbocycles. The molecule has 2 amide bonds. The average molecular weight is 411 g/mol. The third-order valence-electron chi connectivity index (χ3n) is 6.14. The fourth-order valence-corrected chi connectivity index (χ4v) is 4.00. The highest BCUT2D eigenvalue weighted by Crippen LogP contribution is 2.32. The van der Waals surface area contributed by atoms with E-state index in [9.17, 15) is 9.59 Å². The van der Waals surface area contributed by atoms with Crippen molar-refractivity contribution in [2.24, 2.45) is 11.1 Å². The maximum atomic E-state index is 12.8. The van der Waals surface area contributed by atoms with E-state index >= 15 is 0 Å². The Morgan fingerprint density at radius 2 is 1.03 bits per heavy atom. The smallest absolute Gasteiger partial charge is 0.235 e. The van der Waals surface area contributed by atoms with Gasteiger partial charge in [0.1, 0.15) is 5.41 Å². The monoisotopic (exact) mass is 410 g/mol. The Kier molecular flexibility index (Phi) is 18.2. The molecule has 0 saturated heterocycles. The van der Waals surface area contributed by atoms with Crippen LogP contribution >= 0.6 is 0 Å². The topological polar surface area (TPSA) is 72.2 Å². The highest BCUT2D eigenvalue weighted by atomic mass is 16.2. The fourth-order valence-electron chi connectivity index (χ4n) is 4.00. The number of nitrogens with two attached hydrogens (primary N) is 1. The molecule has 0 aliphatic heterocycles. The van der Waals surface area contributed by atoms with Crippen molar-refractivity contribution < 1.29 is 9.59 Å². The normalized spacial score (nSPS) is 13.2. The van der Waals surface area contributed by atoms with E-state index in [0.29, 0.717) is 19.4 Å².